The molecule has 0 saturated carbocycles. The van der Waals surface area contributed by atoms with Crippen LogP contribution in [-0.4, -0.2) is 34.0 Å². The summed E-state index contributed by atoms with van der Waals surface area (Å²) in [5.41, 5.74) is 2.88. The zero-order valence-electron chi connectivity index (χ0n) is 18.9. The lowest BCUT2D eigenvalue weighted by molar-refractivity contribution is -0.121. The fraction of sp³-hybridized carbons (Fsp3) is 0.400. The predicted molar refractivity (Wildman–Crippen MR) is 131 cm³/mol. The molecule has 2 aromatic carbocycles. The molecule has 1 aromatic heterocycles. The third-order valence-corrected chi connectivity index (χ3v) is 6.43. The van der Waals surface area contributed by atoms with E-state index in [-0.39, 0.29) is 17.7 Å². The zero-order valence-corrected chi connectivity index (χ0v) is 20.4. The molecule has 33 heavy (non-hydrogen) atoms. The highest BCUT2D eigenvalue weighted by Gasteiger charge is 2.26. The molecule has 4 rings (SSSR count). The number of hydrogen-bond acceptors (Lipinski definition) is 5. The number of carbonyl (C=O) groups is 1. The van der Waals surface area contributed by atoms with Crippen molar-refractivity contribution in [1.82, 2.24) is 15.0 Å². The number of piperidine rings is 1. The van der Waals surface area contributed by atoms with Crippen LogP contribution in [0, 0.1) is 5.92 Å². The number of likely N-dealkylation sites (tertiary alicyclic amines) is 1. The third kappa shape index (κ3) is 6.34. The number of halogens is 2. The van der Waals surface area contributed by atoms with E-state index in [9.17, 15) is 4.79 Å². The van der Waals surface area contributed by atoms with Crippen molar-refractivity contribution in [2.24, 2.45) is 5.92 Å². The van der Waals surface area contributed by atoms with Gasteiger partial charge < -0.3 is 9.84 Å². The van der Waals surface area contributed by atoms with Crippen LogP contribution < -0.4 is 5.32 Å². The summed E-state index contributed by atoms with van der Waals surface area (Å²) in [6, 6.07) is 13.4. The van der Waals surface area contributed by atoms with Crippen LogP contribution in [0.25, 0.3) is 0 Å². The second kappa shape index (κ2) is 10.7. The molecule has 1 aliphatic heterocycles. The summed E-state index contributed by atoms with van der Waals surface area (Å²) in [5, 5.41) is 8.39. The Hall–Kier alpha value is -2.41. The zero-order chi connectivity index (χ0) is 23.4. The van der Waals surface area contributed by atoms with Crippen LogP contribution in [-0.2, 0) is 17.8 Å². The molecule has 1 aliphatic rings. The first-order valence-corrected chi connectivity index (χ1v) is 12.0. The van der Waals surface area contributed by atoms with Crippen LogP contribution in [0.15, 0.2) is 47.0 Å². The maximum Gasteiger partial charge on any atom is 0.229 e. The lowest BCUT2D eigenvalue weighted by atomic mass is 9.96. The van der Waals surface area contributed by atoms with Gasteiger partial charge in [-0.05, 0) is 54.8 Å². The maximum atomic E-state index is 12.9. The van der Waals surface area contributed by atoms with E-state index in [0.29, 0.717) is 41.3 Å². The molecule has 1 atom stereocenters. The first kappa shape index (κ1) is 23.7. The Labute approximate surface area is 204 Å². The molecular formula is C25H28Cl2N4O2. The quantitative estimate of drug-likeness (QED) is 0.447. The Morgan fingerprint density at radius 1 is 1.21 bits per heavy atom. The largest absolute Gasteiger partial charge is 0.339 e. The SMILES string of the molecule is CC(C)c1nc(Cc2ccc(NC(=O)C3CCCN(Cc4ccc(Cl)cc4Cl)C3)cc2)no1. The van der Waals surface area contributed by atoms with Gasteiger partial charge in [-0.1, -0.05) is 60.4 Å². The molecular weight excluding hydrogens is 459 g/mol. The van der Waals surface area contributed by atoms with E-state index in [1.165, 1.54) is 0 Å². The molecule has 1 amide bonds. The van der Waals surface area contributed by atoms with Gasteiger partial charge >= 0.3 is 0 Å². The molecule has 1 unspecified atom stereocenters. The van der Waals surface area contributed by atoms with Gasteiger partial charge in [-0.2, -0.15) is 4.98 Å². The standard InChI is InChI=1S/C25H28Cl2N4O2/c1-16(2)25-29-23(30-33-25)12-17-5-9-21(10-6-17)28-24(32)19-4-3-11-31(15-19)14-18-7-8-20(26)13-22(18)27/h5-10,13,16,19H,3-4,11-12,14-15H2,1-2H3,(H,28,32). The third-order valence-electron chi connectivity index (χ3n) is 5.85. The molecule has 174 valence electrons. The average molecular weight is 487 g/mol. The molecule has 3 aromatic rings. The van der Waals surface area contributed by atoms with Crippen molar-refractivity contribution in [1.29, 1.82) is 0 Å². The molecule has 1 fully saturated rings. The topological polar surface area (TPSA) is 71.3 Å². The first-order valence-electron chi connectivity index (χ1n) is 11.3. The summed E-state index contributed by atoms with van der Waals surface area (Å²) < 4.78 is 5.26. The van der Waals surface area contributed by atoms with Crippen molar-refractivity contribution < 1.29 is 9.32 Å². The van der Waals surface area contributed by atoms with E-state index in [1.54, 1.807) is 6.07 Å². The number of benzene rings is 2. The van der Waals surface area contributed by atoms with Crippen LogP contribution >= 0.6 is 23.2 Å². The smallest absolute Gasteiger partial charge is 0.229 e. The van der Waals surface area contributed by atoms with E-state index in [1.807, 2.05) is 50.2 Å². The molecule has 0 aliphatic carbocycles. The Kier molecular flexibility index (Phi) is 7.68. The Bertz CT molecular complexity index is 1100. The lowest BCUT2D eigenvalue weighted by Gasteiger charge is -2.32. The summed E-state index contributed by atoms with van der Waals surface area (Å²) >= 11 is 12.3. The van der Waals surface area contributed by atoms with Gasteiger partial charge in [-0.15, -0.1) is 0 Å². The molecule has 1 saturated heterocycles. The Morgan fingerprint density at radius 2 is 2.00 bits per heavy atom. The molecule has 0 spiro atoms. The number of rotatable bonds is 7. The molecule has 0 radical (unpaired) electrons. The van der Waals surface area contributed by atoms with Crippen molar-refractivity contribution in [2.45, 2.75) is 45.6 Å². The van der Waals surface area contributed by atoms with Gasteiger partial charge in [0.2, 0.25) is 11.8 Å². The van der Waals surface area contributed by atoms with Crippen LogP contribution in [0.4, 0.5) is 5.69 Å². The van der Waals surface area contributed by atoms with E-state index in [0.717, 1.165) is 36.2 Å². The minimum atomic E-state index is -0.0571. The van der Waals surface area contributed by atoms with Crippen molar-refractivity contribution in [2.75, 3.05) is 18.4 Å². The van der Waals surface area contributed by atoms with Gasteiger partial charge in [0.1, 0.15) is 0 Å². The fourth-order valence-corrected chi connectivity index (χ4v) is 4.48. The van der Waals surface area contributed by atoms with Gasteiger partial charge in [-0.3, -0.25) is 9.69 Å². The number of aromatic nitrogens is 2. The summed E-state index contributed by atoms with van der Waals surface area (Å²) in [4.78, 5) is 19.6. The number of carbonyl (C=O) groups excluding carboxylic acids is 1. The lowest BCUT2D eigenvalue weighted by Crippen LogP contribution is -2.40. The molecule has 2 heterocycles. The van der Waals surface area contributed by atoms with Gasteiger partial charge in [0.05, 0.1) is 5.92 Å². The van der Waals surface area contributed by atoms with Gasteiger partial charge in [0.25, 0.3) is 0 Å². The van der Waals surface area contributed by atoms with Crippen molar-refractivity contribution in [3.8, 4) is 0 Å². The molecule has 0 bridgehead atoms. The second-order valence-electron chi connectivity index (χ2n) is 8.88. The minimum Gasteiger partial charge on any atom is -0.339 e. The number of amides is 1. The highest BCUT2D eigenvalue weighted by atomic mass is 35.5. The second-order valence-corrected chi connectivity index (χ2v) is 9.72. The summed E-state index contributed by atoms with van der Waals surface area (Å²) in [5.74, 6) is 1.52. The number of nitrogens with zero attached hydrogens (tertiary/aromatic N) is 3. The van der Waals surface area contributed by atoms with Crippen LogP contribution in [0.2, 0.25) is 10.0 Å². The van der Waals surface area contributed by atoms with Crippen molar-refractivity contribution >= 4 is 34.8 Å². The highest BCUT2D eigenvalue weighted by molar-refractivity contribution is 6.35. The summed E-state index contributed by atoms with van der Waals surface area (Å²) in [6.45, 7) is 6.41. The van der Waals surface area contributed by atoms with Crippen LogP contribution in [0.1, 0.15) is 55.4 Å². The number of anilines is 1. The molecule has 8 heteroatoms. The summed E-state index contributed by atoms with van der Waals surface area (Å²) in [7, 11) is 0. The van der Waals surface area contributed by atoms with E-state index in [4.69, 9.17) is 27.7 Å². The number of nitrogens with one attached hydrogen (secondary N) is 1. The predicted octanol–water partition coefficient (Wildman–Crippen LogP) is 5.94. The molecule has 6 nitrogen and oxygen atoms in total. The maximum absolute atomic E-state index is 12.9. The Balaban J connectivity index is 1.31. The average Bonchev–Trinajstić information content (AvgIpc) is 3.26. The number of hydrogen-bond donors (Lipinski definition) is 1. The van der Waals surface area contributed by atoms with Gasteiger partial charge in [0.15, 0.2) is 5.82 Å². The Morgan fingerprint density at radius 3 is 2.70 bits per heavy atom. The van der Waals surface area contributed by atoms with Crippen LogP contribution in [0.5, 0.6) is 0 Å². The van der Waals surface area contributed by atoms with E-state index in [2.05, 4.69) is 20.4 Å². The van der Waals surface area contributed by atoms with Crippen LogP contribution in [0.3, 0.4) is 0 Å². The highest BCUT2D eigenvalue weighted by Crippen LogP contribution is 2.25. The van der Waals surface area contributed by atoms with Gasteiger partial charge in [0, 0.05) is 41.2 Å². The van der Waals surface area contributed by atoms with Crippen molar-refractivity contribution in [3.05, 3.63) is 75.4 Å². The van der Waals surface area contributed by atoms with Crippen molar-refractivity contribution in [3.63, 3.8) is 0 Å². The fourth-order valence-electron chi connectivity index (χ4n) is 4.01. The monoisotopic (exact) mass is 486 g/mol. The van der Waals surface area contributed by atoms with E-state index < -0.39 is 0 Å². The van der Waals surface area contributed by atoms with Gasteiger partial charge in [-0.25, -0.2) is 0 Å². The normalized spacial score (nSPS) is 16.8. The summed E-state index contributed by atoms with van der Waals surface area (Å²) in [6.07, 6.45) is 2.45. The minimum absolute atomic E-state index is 0.0504. The van der Waals surface area contributed by atoms with E-state index >= 15 is 0 Å². The first-order chi connectivity index (χ1) is 15.9. The molecule has 1 N–H and O–H groups in total.